The normalized spacial score (nSPS) is 14.8. The Bertz CT molecular complexity index is 189. The van der Waals surface area contributed by atoms with Crippen LogP contribution in [0.1, 0.15) is 33.6 Å². The van der Waals surface area contributed by atoms with Crippen molar-refractivity contribution in [2.45, 2.75) is 45.3 Å². The quantitative estimate of drug-likeness (QED) is 0.534. The maximum atomic E-state index is 11.7. The predicted molar refractivity (Wildman–Crippen MR) is 46.7 cm³/mol. The lowest BCUT2D eigenvalue weighted by molar-refractivity contribution is -0.132. The molecular formula is C8H15F3N2. The number of alkyl halides is 3. The molecule has 0 radical (unpaired) electrons. The maximum absolute atomic E-state index is 11.7. The molecule has 0 aliphatic carbocycles. The molecule has 0 aliphatic heterocycles. The highest BCUT2D eigenvalue weighted by Crippen LogP contribution is 2.21. The molecule has 0 aromatic carbocycles. The van der Waals surface area contributed by atoms with Gasteiger partial charge in [-0.05, 0) is 20.8 Å². The Kier molecular flexibility index (Phi) is 3.75. The number of halogens is 3. The summed E-state index contributed by atoms with van der Waals surface area (Å²) >= 11 is 0. The zero-order valence-corrected chi connectivity index (χ0v) is 8.07. The van der Waals surface area contributed by atoms with Gasteiger partial charge in [-0.1, -0.05) is 0 Å². The third-order valence-electron chi connectivity index (χ3n) is 1.14. The van der Waals surface area contributed by atoms with Gasteiger partial charge in [0, 0.05) is 6.42 Å². The van der Waals surface area contributed by atoms with Gasteiger partial charge in [0.1, 0.15) is 0 Å². The van der Waals surface area contributed by atoms with Crippen LogP contribution in [0.5, 0.6) is 0 Å². The van der Waals surface area contributed by atoms with E-state index >= 15 is 0 Å². The average Bonchev–Trinajstić information content (AvgIpc) is 1.78. The van der Waals surface area contributed by atoms with Crippen molar-refractivity contribution in [3.8, 4) is 0 Å². The molecule has 0 saturated carbocycles. The number of rotatable bonds is 2. The molecule has 13 heavy (non-hydrogen) atoms. The van der Waals surface area contributed by atoms with Gasteiger partial charge in [0.15, 0.2) is 0 Å². The van der Waals surface area contributed by atoms with Crippen molar-refractivity contribution < 1.29 is 13.2 Å². The third-order valence-corrected chi connectivity index (χ3v) is 1.14. The van der Waals surface area contributed by atoms with Gasteiger partial charge in [0.25, 0.3) is 0 Å². The summed E-state index contributed by atoms with van der Waals surface area (Å²) in [5.41, 5.74) is 4.91. The molecule has 0 aromatic heterocycles. The molecule has 2 N–H and O–H groups in total. The van der Waals surface area contributed by atoms with Crippen LogP contribution in [0, 0.1) is 0 Å². The SMILES string of the molecule is CC(C)(C)N=C(N)CCC(F)(F)F. The highest BCUT2D eigenvalue weighted by atomic mass is 19.4. The van der Waals surface area contributed by atoms with Gasteiger partial charge in [-0.25, -0.2) is 0 Å². The molecule has 0 fully saturated rings. The van der Waals surface area contributed by atoms with E-state index < -0.39 is 18.1 Å². The average molecular weight is 196 g/mol. The minimum absolute atomic E-state index is 0.0600. The fourth-order valence-electron chi connectivity index (χ4n) is 0.757. The summed E-state index contributed by atoms with van der Waals surface area (Å²) < 4.78 is 35.2. The van der Waals surface area contributed by atoms with Crippen molar-refractivity contribution in [2.75, 3.05) is 0 Å². The second kappa shape index (κ2) is 3.98. The van der Waals surface area contributed by atoms with Gasteiger partial charge < -0.3 is 5.73 Å². The summed E-state index contributed by atoms with van der Waals surface area (Å²) in [4.78, 5) is 3.91. The van der Waals surface area contributed by atoms with Gasteiger partial charge in [0.2, 0.25) is 0 Å². The Morgan fingerprint density at radius 1 is 1.23 bits per heavy atom. The number of nitrogens with zero attached hydrogens (tertiary/aromatic N) is 1. The molecule has 2 nitrogen and oxygen atoms in total. The molecule has 0 aliphatic rings. The van der Waals surface area contributed by atoms with Crippen LogP contribution in [0.2, 0.25) is 0 Å². The second-order valence-corrected chi connectivity index (χ2v) is 3.89. The van der Waals surface area contributed by atoms with Crippen LogP contribution in [0.25, 0.3) is 0 Å². The summed E-state index contributed by atoms with van der Waals surface area (Å²) in [6, 6.07) is 0. The van der Waals surface area contributed by atoms with Crippen LogP contribution in [0.15, 0.2) is 4.99 Å². The fourth-order valence-corrected chi connectivity index (χ4v) is 0.757. The fraction of sp³-hybridized carbons (Fsp3) is 0.875. The Morgan fingerprint density at radius 2 is 1.69 bits per heavy atom. The largest absolute Gasteiger partial charge is 0.389 e. The maximum Gasteiger partial charge on any atom is 0.389 e. The van der Waals surface area contributed by atoms with Crippen molar-refractivity contribution in [1.29, 1.82) is 0 Å². The molecule has 0 bridgehead atoms. The Hall–Kier alpha value is -0.740. The van der Waals surface area contributed by atoms with Crippen LogP contribution in [-0.2, 0) is 0 Å². The molecule has 0 rings (SSSR count). The van der Waals surface area contributed by atoms with E-state index in [9.17, 15) is 13.2 Å². The van der Waals surface area contributed by atoms with Crippen LogP contribution >= 0.6 is 0 Å². The standard InChI is InChI=1S/C8H15F3N2/c1-7(2,3)13-6(12)4-5-8(9,10)11/h4-5H2,1-3H3,(H2,12,13). The number of amidine groups is 1. The summed E-state index contributed by atoms with van der Waals surface area (Å²) in [6.45, 7) is 5.36. The Labute approximate surface area is 76.0 Å². The van der Waals surface area contributed by atoms with Crippen LogP contribution in [0.4, 0.5) is 13.2 Å². The van der Waals surface area contributed by atoms with Crippen LogP contribution < -0.4 is 5.73 Å². The molecule has 0 unspecified atom stereocenters. The number of nitrogens with two attached hydrogens (primary N) is 1. The molecule has 0 aromatic rings. The van der Waals surface area contributed by atoms with Crippen LogP contribution in [-0.4, -0.2) is 17.6 Å². The van der Waals surface area contributed by atoms with Gasteiger partial charge in [-0.3, -0.25) is 4.99 Å². The molecule has 0 saturated heterocycles. The topological polar surface area (TPSA) is 38.4 Å². The lowest BCUT2D eigenvalue weighted by Gasteiger charge is -2.14. The minimum Gasteiger partial charge on any atom is -0.387 e. The van der Waals surface area contributed by atoms with Gasteiger partial charge >= 0.3 is 6.18 Å². The molecule has 0 spiro atoms. The summed E-state index contributed by atoms with van der Waals surface area (Å²) in [7, 11) is 0. The van der Waals surface area contributed by atoms with Crippen LogP contribution in [0.3, 0.4) is 0 Å². The summed E-state index contributed by atoms with van der Waals surface area (Å²) in [5, 5.41) is 0. The van der Waals surface area contributed by atoms with E-state index in [2.05, 4.69) is 4.99 Å². The van der Waals surface area contributed by atoms with Gasteiger partial charge in [-0.15, -0.1) is 0 Å². The van der Waals surface area contributed by atoms with Crippen molar-refractivity contribution in [1.82, 2.24) is 0 Å². The molecule has 5 heteroatoms. The number of hydrogen-bond acceptors (Lipinski definition) is 1. The molecular weight excluding hydrogens is 181 g/mol. The first-order chi connectivity index (χ1) is 5.60. The highest BCUT2D eigenvalue weighted by Gasteiger charge is 2.27. The Morgan fingerprint density at radius 3 is 2.00 bits per heavy atom. The molecule has 78 valence electrons. The zero-order valence-electron chi connectivity index (χ0n) is 8.07. The molecule has 0 amide bonds. The van der Waals surface area contributed by atoms with Gasteiger partial charge in [-0.2, -0.15) is 13.2 Å². The van der Waals surface area contributed by atoms with E-state index in [1.807, 2.05) is 0 Å². The molecule has 0 heterocycles. The van der Waals surface area contributed by atoms with Gasteiger partial charge in [0.05, 0.1) is 17.8 Å². The van der Waals surface area contributed by atoms with E-state index in [0.717, 1.165) is 0 Å². The van der Waals surface area contributed by atoms with Crippen molar-refractivity contribution >= 4 is 5.84 Å². The second-order valence-electron chi connectivity index (χ2n) is 3.89. The molecule has 0 atom stereocenters. The minimum atomic E-state index is -4.15. The van der Waals surface area contributed by atoms with E-state index in [1.165, 1.54) is 0 Å². The van der Waals surface area contributed by atoms with E-state index in [0.29, 0.717) is 0 Å². The van der Waals surface area contributed by atoms with Crippen molar-refractivity contribution in [2.24, 2.45) is 10.7 Å². The highest BCUT2D eigenvalue weighted by molar-refractivity contribution is 5.80. The predicted octanol–water partition coefficient (Wildman–Crippen LogP) is 2.48. The third kappa shape index (κ3) is 9.17. The van der Waals surface area contributed by atoms with Crippen molar-refractivity contribution in [3.63, 3.8) is 0 Å². The Balaban J connectivity index is 4.02. The lowest BCUT2D eigenvalue weighted by Crippen LogP contribution is -2.22. The first-order valence-electron chi connectivity index (χ1n) is 4.01. The first-order valence-corrected chi connectivity index (χ1v) is 4.01. The number of hydrogen-bond donors (Lipinski definition) is 1. The first kappa shape index (κ1) is 12.3. The smallest absolute Gasteiger partial charge is 0.387 e. The lowest BCUT2D eigenvalue weighted by atomic mass is 10.1. The number of aliphatic imine (C=N–C) groups is 1. The van der Waals surface area contributed by atoms with E-state index in [-0.39, 0.29) is 12.3 Å². The van der Waals surface area contributed by atoms with Crippen molar-refractivity contribution in [3.05, 3.63) is 0 Å². The monoisotopic (exact) mass is 196 g/mol. The summed E-state index contributed by atoms with van der Waals surface area (Å²) in [5.74, 6) is 0.0600. The van der Waals surface area contributed by atoms with E-state index in [4.69, 9.17) is 5.73 Å². The zero-order chi connectivity index (χ0) is 10.7. The van der Waals surface area contributed by atoms with E-state index in [1.54, 1.807) is 20.8 Å². The summed E-state index contributed by atoms with van der Waals surface area (Å²) in [6.07, 6.45) is -5.28.